The first-order valence-electron chi connectivity index (χ1n) is 5.64. The molecule has 4 nitrogen and oxygen atoms in total. The van der Waals surface area contributed by atoms with E-state index in [1.807, 2.05) is 0 Å². The molecule has 0 unspecified atom stereocenters. The molecule has 3 rings (SSSR count). The Kier molecular flexibility index (Phi) is 2.30. The second-order valence-electron chi connectivity index (χ2n) is 4.29. The van der Waals surface area contributed by atoms with Gasteiger partial charge in [-0.1, -0.05) is 24.3 Å². The van der Waals surface area contributed by atoms with Crippen molar-refractivity contribution in [1.29, 1.82) is 0 Å². The van der Waals surface area contributed by atoms with Crippen LogP contribution in [0.1, 0.15) is 38.0 Å². The minimum Gasteiger partial charge on any atom is -0.293 e. The average Bonchev–Trinajstić information content (AvgIpc) is 2.63. The molecule has 1 aliphatic rings. The van der Waals surface area contributed by atoms with E-state index in [0.29, 0.717) is 22.5 Å². The zero-order valence-corrected chi connectivity index (χ0v) is 9.75. The Morgan fingerprint density at radius 3 is 2.17 bits per heavy atom. The summed E-state index contributed by atoms with van der Waals surface area (Å²) < 4.78 is 0. The summed E-state index contributed by atoms with van der Waals surface area (Å²) in [5, 5.41) is 0. The van der Waals surface area contributed by atoms with Crippen molar-refractivity contribution in [3.05, 3.63) is 59.2 Å². The summed E-state index contributed by atoms with van der Waals surface area (Å²) in [7, 11) is 0. The minimum absolute atomic E-state index is 0.185. The van der Waals surface area contributed by atoms with Gasteiger partial charge in [-0.2, -0.15) is 0 Å². The Bertz CT molecular complexity index is 629. The second-order valence-corrected chi connectivity index (χ2v) is 4.29. The van der Waals surface area contributed by atoms with Crippen molar-refractivity contribution >= 4 is 11.6 Å². The normalized spacial score (nSPS) is 14.9. The number of carbonyl (C=O) groups is 2. The van der Waals surface area contributed by atoms with Gasteiger partial charge in [-0.25, -0.2) is 0 Å². The third-order valence-electron chi connectivity index (χ3n) is 3.05. The van der Waals surface area contributed by atoms with Gasteiger partial charge in [-0.3, -0.25) is 19.6 Å². The van der Waals surface area contributed by atoms with E-state index in [4.69, 9.17) is 0 Å². The van der Waals surface area contributed by atoms with E-state index >= 15 is 0 Å². The maximum Gasteiger partial charge on any atom is 0.180 e. The molecule has 1 aromatic carbocycles. The number of aromatic nitrogens is 2. The van der Waals surface area contributed by atoms with Crippen LogP contribution in [0.25, 0.3) is 0 Å². The first-order chi connectivity index (χ1) is 8.68. The van der Waals surface area contributed by atoms with Crippen LogP contribution in [-0.2, 0) is 0 Å². The highest BCUT2D eigenvalue weighted by Gasteiger charge is 2.40. The highest BCUT2D eigenvalue weighted by atomic mass is 16.2. The molecule has 1 aliphatic carbocycles. The molecule has 0 saturated heterocycles. The summed E-state index contributed by atoms with van der Waals surface area (Å²) in [5.41, 5.74) is 2.09. The molecule has 0 N–H and O–H groups in total. The van der Waals surface area contributed by atoms with E-state index in [2.05, 4.69) is 9.97 Å². The van der Waals surface area contributed by atoms with Crippen LogP contribution in [-0.4, -0.2) is 21.5 Å². The number of hydrogen-bond acceptors (Lipinski definition) is 4. The molecule has 0 amide bonds. The van der Waals surface area contributed by atoms with Crippen molar-refractivity contribution in [3.63, 3.8) is 0 Å². The van der Waals surface area contributed by atoms with Crippen LogP contribution in [0, 0.1) is 6.92 Å². The minimum atomic E-state index is -0.824. The Morgan fingerprint density at radius 1 is 1.00 bits per heavy atom. The summed E-state index contributed by atoms with van der Waals surface area (Å²) in [5.74, 6) is -1.19. The number of Topliss-reactive ketones (excluding diaryl/α,β-unsaturated/α-hetero) is 2. The van der Waals surface area contributed by atoms with Crippen molar-refractivity contribution in [1.82, 2.24) is 9.97 Å². The van der Waals surface area contributed by atoms with E-state index < -0.39 is 5.92 Å². The summed E-state index contributed by atoms with van der Waals surface area (Å²) in [6.45, 7) is 1.79. The van der Waals surface area contributed by atoms with Crippen LogP contribution >= 0.6 is 0 Å². The van der Waals surface area contributed by atoms with Gasteiger partial charge < -0.3 is 0 Å². The maximum absolute atomic E-state index is 12.2. The van der Waals surface area contributed by atoms with Gasteiger partial charge >= 0.3 is 0 Å². The van der Waals surface area contributed by atoms with E-state index in [0.717, 1.165) is 0 Å². The van der Waals surface area contributed by atoms with Gasteiger partial charge in [-0.15, -0.1) is 0 Å². The van der Waals surface area contributed by atoms with Gasteiger partial charge in [0.15, 0.2) is 11.6 Å². The summed E-state index contributed by atoms with van der Waals surface area (Å²) >= 11 is 0. The number of fused-ring (bicyclic) bond motifs is 1. The fourth-order valence-corrected chi connectivity index (χ4v) is 2.23. The zero-order valence-electron chi connectivity index (χ0n) is 9.75. The van der Waals surface area contributed by atoms with Crippen LogP contribution in [0.4, 0.5) is 0 Å². The zero-order chi connectivity index (χ0) is 12.7. The highest BCUT2D eigenvalue weighted by Crippen LogP contribution is 2.32. The van der Waals surface area contributed by atoms with Gasteiger partial charge in [-0.05, 0) is 6.92 Å². The molecule has 2 aromatic rings. The molecular weight excluding hydrogens is 228 g/mol. The smallest absolute Gasteiger partial charge is 0.180 e. The van der Waals surface area contributed by atoms with E-state index in [1.165, 1.54) is 6.20 Å². The van der Waals surface area contributed by atoms with Crippen LogP contribution in [0.5, 0.6) is 0 Å². The van der Waals surface area contributed by atoms with Gasteiger partial charge in [0.1, 0.15) is 5.92 Å². The third-order valence-corrected chi connectivity index (χ3v) is 3.05. The maximum atomic E-state index is 12.2. The predicted octanol–water partition coefficient (Wildman–Crippen LogP) is 1.95. The molecule has 0 aliphatic heterocycles. The number of aryl methyl sites for hydroxylation is 1. The SMILES string of the molecule is Cc1cncc(C2C(=O)c3ccccc3C2=O)n1. The number of carbonyl (C=O) groups excluding carboxylic acids is 2. The van der Waals surface area contributed by atoms with Gasteiger partial charge in [0.2, 0.25) is 0 Å². The van der Waals surface area contributed by atoms with Gasteiger partial charge in [0.25, 0.3) is 0 Å². The predicted molar refractivity (Wildman–Crippen MR) is 64.6 cm³/mol. The van der Waals surface area contributed by atoms with Crippen molar-refractivity contribution < 1.29 is 9.59 Å². The van der Waals surface area contributed by atoms with Crippen LogP contribution in [0.2, 0.25) is 0 Å². The van der Waals surface area contributed by atoms with E-state index in [-0.39, 0.29) is 11.6 Å². The Balaban J connectivity index is 2.12. The first kappa shape index (κ1) is 10.8. The standard InChI is InChI=1S/C14H10N2O2/c1-8-6-15-7-11(16-8)12-13(17)9-4-2-3-5-10(9)14(12)18/h2-7,12H,1H3. The highest BCUT2D eigenvalue weighted by molar-refractivity contribution is 6.29. The van der Waals surface area contributed by atoms with Crippen LogP contribution < -0.4 is 0 Å². The summed E-state index contributed by atoms with van der Waals surface area (Å²) in [6, 6.07) is 6.88. The monoisotopic (exact) mass is 238 g/mol. The molecular formula is C14H10N2O2. The molecule has 0 fully saturated rings. The largest absolute Gasteiger partial charge is 0.293 e. The molecule has 1 aromatic heterocycles. The molecule has 0 saturated carbocycles. The lowest BCUT2D eigenvalue weighted by Gasteiger charge is -2.05. The fraction of sp³-hybridized carbons (Fsp3) is 0.143. The molecule has 88 valence electrons. The number of nitrogens with zero attached hydrogens (tertiary/aromatic N) is 2. The lowest BCUT2D eigenvalue weighted by Crippen LogP contribution is -2.15. The van der Waals surface area contributed by atoms with Crippen LogP contribution in [0.3, 0.4) is 0 Å². The van der Waals surface area contributed by atoms with Crippen LogP contribution in [0.15, 0.2) is 36.7 Å². The number of benzene rings is 1. The molecule has 4 heteroatoms. The molecule has 0 spiro atoms. The quantitative estimate of drug-likeness (QED) is 0.712. The molecule has 1 heterocycles. The molecule has 0 radical (unpaired) electrons. The van der Waals surface area contributed by atoms with Crippen molar-refractivity contribution in [3.8, 4) is 0 Å². The molecule has 0 bridgehead atoms. The lowest BCUT2D eigenvalue weighted by molar-refractivity contribution is 0.0887. The Hall–Kier alpha value is -2.36. The van der Waals surface area contributed by atoms with Crippen molar-refractivity contribution in [2.45, 2.75) is 12.8 Å². The van der Waals surface area contributed by atoms with Gasteiger partial charge in [0.05, 0.1) is 11.4 Å². The third kappa shape index (κ3) is 1.46. The number of ketones is 2. The number of hydrogen-bond donors (Lipinski definition) is 0. The molecule has 18 heavy (non-hydrogen) atoms. The van der Waals surface area contributed by atoms with Crippen molar-refractivity contribution in [2.75, 3.05) is 0 Å². The Morgan fingerprint density at radius 2 is 1.61 bits per heavy atom. The first-order valence-corrected chi connectivity index (χ1v) is 5.64. The topological polar surface area (TPSA) is 59.9 Å². The van der Waals surface area contributed by atoms with E-state index in [9.17, 15) is 9.59 Å². The lowest BCUT2D eigenvalue weighted by atomic mass is 10.0. The number of rotatable bonds is 1. The van der Waals surface area contributed by atoms with E-state index in [1.54, 1.807) is 37.4 Å². The molecule has 0 atom stereocenters. The van der Waals surface area contributed by atoms with Gasteiger partial charge in [0, 0.05) is 23.5 Å². The second kappa shape index (κ2) is 3.84. The summed E-state index contributed by atoms with van der Waals surface area (Å²) in [6.07, 6.45) is 3.08. The Labute approximate surface area is 104 Å². The summed E-state index contributed by atoms with van der Waals surface area (Å²) in [4.78, 5) is 32.7. The average molecular weight is 238 g/mol. The van der Waals surface area contributed by atoms with Crippen molar-refractivity contribution in [2.24, 2.45) is 0 Å². The fourth-order valence-electron chi connectivity index (χ4n) is 2.23.